The molecule has 0 aliphatic carbocycles. The predicted octanol–water partition coefficient (Wildman–Crippen LogP) is 3.47. The maximum Gasteiger partial charge on any atom is 0.137 e. The minimum atomic E-state index is 0.279. The summed E-state index contributed by atoms with van der Waals surface area (Å²) in [6.07, 6.45) is 1.56. The van der Waals surface area contributed by atoms with Crippen LogP contribution in [0, 0.1) is 18.3 Å². The summed E-state index contributed by atoms with van der Waals surface area (Å²) >= 11 is 0. The van der Waals surface area contributed by atoms with Crippen molar-refractivity contribution in [3.63, 3.8) is 0 Å². The van der Waals surface area contributed by atoms with Gasteiger partial charge in [-0.3, -0.25) is 0 Å². The maximum absolute atomic E-state index is 8.82. The zero-order chi connectivity index (χ0) is 15.8. The molecular formula is C16H27N5. The molecule has 1 aromatic heterocycles. The third-order valence-corrected chi connectivity index (χ3v) is 3.37. The molecule has 0 spiro atoms. The number of nitriles is 1. The normalized spacial score (nSPS) is 10.5. The van der Waals surface area contributed by atoms with Crippen LogP contribution in [0.15, 0.2) is 0 Å². The van der Waals surface area contributed by atoms with Crippen molar-refractivity contribution in [2.24, 2.45) is 0 Å². The van der Waals surface area contributed by atoms with Gasteiger partial charge in [0.15, 0.2) is 0 Å². The molecular weight excluding hydrogens is 262 g/mol. The fourth-order valence-electron chi connectivity index (χ4n) is 2.10. The second-order valence-electron chi connectivity index (χ2n) is 5.45. The van der Waals surface area contributed by atoms with Crippen LogP contribution in [0.1, 0.15) is 57.8 Å². The lowest BCUT2D eigenvalue weighted by Gasteiger charge is -2.25. The molecule has 1 N–H and O–H groups in total. The lowest BCUT2D eigenvalue weighted by atomic mass is 10.2. The third kappa shape index (κ3) is 4.59. The predicted molar refractivity (Wildman–Crippen MR) is 87.8 cm³/mol. The monoisotopic (exact) mass is 289 g/mol. The summed E-state index contributed by atoms with van der Waals surface area (Å²) in [4.78, 5) is 11.5. The van der Waals surface area contributed by atoms with E-state index in [-0.39, 0.29) is 5.92 Å². The summed E-state index contributed by atoms with van der Waals surface area (Å²) in [6, 6.07) is 2.21. The molecule has 1 heterocycles. The lowest BCUT2D eigenvalue weighted by Crippen LogP contribution is -2.27. The van der Waals surface area contributed by atoms with Crippen LogP contribution in [0.2, 0.25) is 0 Å². The molecule has 0 aliphatic rings. The Balaban J connectivity index is 3.21. The molecule has 5 heteroatoms. The van der Waals surface area contributed by atoms with Gasteiger partial charge in [0.25, 0.3) is 0 Å². The molecule has 0 saturated carbocycles. The number of rotatable bonds is 8. The lowest BCUT2D eigenvalue weighted by molar-refractivity contribution is 0.743. The zero-order valence-electron chi connectivity index (χ0n) is 13.9. The van der Waals surface area contributed by atoms with Crippen molar-refractivity contribution in [2.45, 2.75) is 53.4 Å². The molecule has 0 amide bonds. The summed E-state index contributed by atoms with van der Waals surface area (Å²) in [5, 5.41) is 12.2. The first-order valence-corrected chi connectivity index (χ1v) is 7.79. The molecule has 0 bridgehead atoms. The van der Waals surface area contributed by atoms with E-state index in [1.165, 1.54) is 0 Å². The minimum Gasteiger partial charge on any atom is -0.370 e. The Labute approximate surface area is 128 Å². The van der Waals surface area contributed by atoms with Crippen molar-refractivity contribution in [1.29, 1.82) is 5.26 Å². The molecule has 0 radical (unpaired) electrons. The van der Waals surface area contributed by atoms with E-state index >= 15 is 0 Å². The van der Waals surface area contributed by atoms with Crippen molar-refractivity contribution in [2.75, 3.05) is 29.9 Å². The summed E-state index contributed by atoms with van der Waals surface area (Å²) in [6.45, 7) is 12.9. The Hall–Kier alpha value is -1.83. The molecule has 1 rings (SSSR count). The van der Waals surface area contributed by atoms with Crippen LogP contribution in [-0.2, 0) is 0 Å². The average Bonchev–Trinajstić information content (AvgIpc) is 2.47. The topological polar surface area (TPSA) is 64.8 Å². The smallest absolute Gasteiger partial charge is 0.137 e. The fourth-order valence-corrected chi connectivity index (χ4v) is 2.10. The molecule has 0 fully saturated rings. The summed E-state index contributed by atoms with van der Waals surface area (Å²) in [7, 11) is 0. The Kier molecular flexibility index (Phi) is 6.93. The molecule has 1 aromatic rings. The highest BCUT2D eigenvalue weighted by molar-refractivity contribution is 5.58. The largest absolute Gasteiger partial charge is 0.370 e. The van der Waals surface area contributed by atoms with Crippen LogP contribution in [0.3, 0.4) is 0 Å². The standard InChI is InChI=1S/C16H27N5/c1-6-10-18-15-13(5)16(20-14(19-15)12(3)4)21(7-2)11-8-9-17/h12H,6-8,10-11H2,1-5H3,(H,18,19,20). The van der Waals surface area contributed by atoms with Gasteiger partial charge in [0.1, 0.15) is 17.5 Å². The molecule has 0 aromatic carbocycles. The third-order valence-electron chi connectivity index (χ3n) is 3.37. The number of aromatic nitrogens is 2. The SMILES string of the molecule is CCCNc1nc(C(C)C)nc(N(CC)CCC#N)c1C. The fraction of sp³-hybridized carbons (Fsp3) is 0.688. The molecule has 5 nitrogen and oxygen atoms in total. The summed E-state index contributed by atoms with van der Waals surface area (Å²) in [5.41, 5.74) is 1.06. The van der Waals surface area contributed by atoms with Crippen LogP contribution in [0.5, 0.6) is 0 Å². The van der Waals surface area contributed by atoms with Crippen molar-refractivity contribution < 1.29 is 0 Å². The highest BCUT2D eigenvalue weighted by Gasteiger charge is 2.16. The second kappa shape index (κ2) is 8.46. The van der Waals surface area contributed by atoms with Gasteiger partial charge in [-0.1, -0.05) is 20.8 Å². The Morgan fingerprint density at radius 1 is 1.29 bits per heavy atom. The van der Waals surface area contributed by atoms with E-state index in [2.05, 4.69) is 49.0 Å². The van der Waals surface area contributed by atoms with E-state index in [1.54, 1.807) is 0 Å². The molecule has 116 valence electrons. The summed E-state index contributed by atoms with van der Waals surface area (Å²) in [5.74, 6) is 3.00. The quantitative estimate of drug-likeness (QED) is 0.794. The van der Waals surface area contributed by atoms with E-state index in [0.717, 1.165) is 42.5 Å². The van der Waals surface area contributed by atoms with Gasteiger partial charge >= 0.3 is 0 Å². The number of hydrogen-bond acceptors (Lipinski definition) is 5. The van der Waals surface area contributed by atoms with Crippen LogP contribution in [0.4, 0.5) is 11.6 Å². The van der Waals surface area contributed by atoms with E-state index in [4.69, 9.17) is 10.2 Å². The van der Waals surface area contributed by atoms with Crippen molar-refractivity contribution in [3.05, 3.63) is 11.4 Å². The van der Waals surface area contributed by atoms with Gasteiger partial charge in [-0.15, -0.1) is 0 Å². The molecule has 0 unspecified atom stereocenters. The first kappa shape index (κ1) is 17.2. The first-order valence-electron chi connectivity index (χ1n) is 7.79. The van der Waals surface area contributed by atoms with Crippen molar-refractivity contribution >= 4 is 11.6 Å². The molecule has 0 aliphatic heterocycles. The van der Waals surface area contributed by atoms with Gasteiger partial charge in [0, 0.05) is 31.1 Å². The van der Waals surface area contributed by atoms with Gasteiger partial charge in [-0.2, -0.15) is 5.26 Å². The van der Waals surface area contributed by atoms with E-state index < -0.39 is 0 Å². The van der Waals surface area contributed by atoms with E-state index in [1.807, 2.05) is 6.92 Å². The van der Waals surface area contributed by atoms with Crippen LogP contribution < -0.4 is 10.2 Å². The first-order chi connectivity index (χ1) is 10.0. The zero-order valence-corrected chi connectivity index (χ0v) is 13.9. The van der Waals surface area contributed by atoms with Crippen molar-refractivity contribution in [1.82, 2.24) is 9.97 Å². The molecule has 0 saturated heterocycles. The van der Waals surface area contributed by atoms with Gasteiger partial charge in [0.05, 0.1) is 12.5 Å². The van der Waals surface area contributed by atoms with Crippen LogP contribution in [-0.4, -0.2) is 29.6 Å². The number of nitrogens with zero attached hydrogens (tertiary/aromatic N) is 4. The maximum atomic E-state index is 8.82. The minimum absolute atomic E-state index is 0.279. The van der Waals surface area contributed by atoms with E-state index in [9.17, 15) is 0 Å². The number of hydrogen-bond donors (Lipinski definition) is 1. The Bertz CT molecular complexity index is 490. The number of anilines is 2. The van der Waals surface area contributed by atoms with Gasteiger partial charge < -0.3 is 10.2 Å². The Morgan fingerprint density at radius 2 is 2.00 bits per heavy atom. The van der Waals surface area contributed by atoms with Gasteiger partial charge in [-0.25, -0.2) is 9.97 Å². The highest BCUT2D eigenvalue weighted by atomic mass is 15.2. The average molecular weight is 289 g/mol. The van der Waals surface area contributed by atoms with Gasteiger partial charge in [-0.05, 0) is 20.3 Å². The molecule has 21 heavy (non-hydrogen) atoms. The van der Waals surface area contributed by atoms with E-state index in [0.29, 0.717) is 13.0 Å². The summed E-state index contributed by atoms with van der Waals surface area (Å²) < 4.78 is 0. The molecule has 0 atom stereocenters. The van der Waals surface area contributed by atoms with Gasteiger partial charge in [0.2, 0.25) is 0 Å². The van der Waals surface area contributed by atoms with Crippen LogP contribution in [0.25, 0.3) is 0 Å². The second-order valence-corrected chi connectivity index (χ2v) is 5.45. The Morgan fingerprint density at radius 3 is 2.52 bits per heavy atom. The van der Waals surface area contributed by atoms with Crippen LogP contribution >= 0.6 is 0 Å². The number of nitrogens with one attached hydrogen (secondary N) is 1. The van der Waals surface area contributed by atoms with Crippen molar-refractivity contribution in [3.8, 4) is 6.07 Å². The highest BCUT2D eigenvalue weighted by Crippen LogP contribution is 2.26.